The molecule has 3 heterocycles. The van der Waals surface area contributed by atoms with Crippen molar-refractivity contribution >= 4 is 44.3 Å². The largest absolute Gasteiger partial charge is 0.379 e. The van der Waals surface area contributed by atoms with E-state index in [0.717, 1.165) is 10.6 Å². The lowest BCUT2D eigenvalue weighted by molar-refractivity contribution is 0.0730. The van der Waals surface area contributed by atoms with Crippen molar-refractivity contribution in [2.24, 2.45) is 0 Å². The molecular weight excluding hydrogens is 418 g/mol. The molecule has 1 fully saturated rings. The van der Waals surface area contributed by atoms with Crippen molar-refractivity contribution in [2.75, 3.05) is 31.6 Å². The SMILES string of the molecule is O=C(Nc1cccc(S(=O)(=O)N2CCOCC2)c1)c1csc(-c2ccsc2)n1. The number of aromatic nitrogens is 1. The van der Waals surface area contributed by atoms with E-state index in [2.05, 4.69) is 10.3 Å². The number of hydrogen-bond acceptors (Lipinski definition) is 7. The molecule has 0 aliphatic carbocycles. The van der Waals surface area contributed by atoms with Crippen LogP contribution in [0.3, 0.4) is 0 Å². The van der Waals surface area contributed by atoms with Gasteiger partial charge in [0.05, 0.1) is 18.1 Å². The first-order valence-corrected chi connectivity index (χ1v) is 11.8. The lowest BCUT2D eigenvalue weighted by Gasteiger charge is -2.26. The van der Waals surface area contributed by atoms with Crippen LogP contribution in [0.5, 0.6) is 0 Å². The molecule has 7 nitrogen and oxygen atoms in total. The number of nitrogens with one attached hydrogen (secondary N) is 1. The van der Waals surface area contributed by atoms with E-state index >= 15 is 0 Å². The fourth-order valence-corrected chi connectivity index (χ4v) is 5.73. The minimum atomic E-state index is -3.62. The summed E-state index contributed by atoms with van der Waals surface area (Å²) >= 11 is 2.96. The van der Waals surface area contributed by atoms with Crippen LogP contribution in [0, 0.1) is 0 Å². The Morgan fingerprint density at radius 2 is 2.00 bits per heavy atom. The van der Waals surface area contributed by atoms with Gasteiger partial charge in [0, 0.05) is 35.1 Å². The number of hydrogen-bond donors (Lipinski definition) is 1. The fraction of sp³-hybridized carbons (Fsp3) is 0.222. The molecule has 0 bridgehead atoms. The van der Waals surface area contributed by atoms with Crippen molar-refractivity contribution in [1.29, 1.82) is 0 Å². The molecule has 0 unspecified atom stereocenters. The maximum atomic E-state index is 12.8. The number of benzene rings is 1. The summed E-state index contributed by atoms with van der Waals surface area (Å²) in [6.45, 7) is 1.41. The molecule has 3 aromatic rings. The number of thiophene rings is 1. The van der Waals surface area contributed by atoms with Crippen molar-refractivity contribution < 1.29 is 17.9 Å². The molecule has 1 aliphatic rings. The normalized spacial score (nSPS) is 15.4. The van der Waals surface area contributed by atoms with Crippen molar-refractivity contribution in [3.8, 4) is 10.6 Å². The quantitative estimate of drug-likeness (QED) is 0.665. The van der Waals surface area contributed by atoms with E-state index in [-0.39, 0.29) is 10.8 Å². The molecule has 2 aromatic heterocycles. The molecule has 1 N–H and O–H groups in total. The molecule has 1 amide bonds. The lowest BCUT2D eigenvalue weighted by Crippen LogP contribution is -2.40. The number of anilines is 1. The molecule has 0 saturated carbocycles. The number of thiazole rings is 1. The van der Waals surface area contributed by atoms with E-state index in [1.54, 1.807) is 28.8 Å². The van der Waals surface area contributed by atoms with Gasteiger partial charge in [-0.1, -0.05) is 6.07 Å². The standard InChI is InChI=1S/C18H17N3O4S3/c22-17(16-12-27-18(20-16)13-4-9-26-11-13)19-14-2-1-3-15(10-14)28(23,24)21-5-7-25-8-6-21/h1-4,9-12H,5-8H2,(H,19,22). The first kappa shape index (κ1) is 19.2. The number of rotatable bonds is 5. The second-order valence-electron chi connectivity index (χ2n) is 6.05. The van der Waals surface area contributed by atoms with Crippen LogP contribution in [0.2, 0.25) is 0 Å². The number of carbonyl (C=O) groups is 1. The van der Waals surface area contributed by atoms with Crippen molar-refractivity contribution in [3.05, 3.63) is 52.2 Å². The summed E-state index contributed by atoms with van der Waals surface area (Å²) in [4.78, 5) is 17.0. The average molecular weight is 436 g/mol. The molecule has 0 radical (unpaired) electrons. The maximum absolute atomic E-state index is 12.8. The number of amides is 1. The van der Waals surface area contributed by atoms with E-state index in [9.17, 15) is 13.2 Å². The molecule has 0 spiro atoms. The third kappa shape index (κ3) is 4.01. The van der Waals surface area contributed by atoms with Gasteiger partial charge in [-0.3, -0.25) is 4.79 Å². The number of sulfonamides is 1. The van der Waals surface area contributed by atoms with Crippen LogP contribution in [-0.4, -0.2) is 49.9 Å². The minimum Gasteiger partial charge on any atom is -0.379 e. The van der Waals surface area contributed by atoms with Gasteiger partial charge in [-0.2, -0.15) is 15.6 Å². The Bertz CT molecular complexity index is 1070. The minimum absolute atomic E-state index is 0.143. The summed E-state index contributed by atoms with van der Waals surface area (Å²) in [6.07, 6.45) is 0. The van der Waals surface area contributed by atoms with E-state index in [4.69, 9.17) is 4.74 Å². The highest BCUT2D eigenvalue weighted by atomic mass is 32.2. The van der Waals surface area contributed by atoms with Gasteiger partial charge in [-0.15, -0.1) is 11.3 Å². The van der Waals surface area contributed by atoms with Gasteiger partial charge in [0.15, 0.2) is 0 Å². The van der Waals surface area contributed by atoms with Gasteiger partial charge in [-0.25, -0.2) is 13.4 Å². The Labute approximate surface area is 170 Å². The predicted molar refractivity (Wildman–Crippen MR) is 109 cm³/mol. The van der Waals surface area contributed by atoms with Crippen LogP contribution in [0.1, 0.15) is 10.5 Å². The predicted octanol–water partition coefficient (Wildman–Crippen LogP) is 3.14. The Balaban J connectivity index is 1.51. The molecule has 1 saturated heterocycles. The highest BCUT2D eigenvalue weighted by molar-refractivity contribution is 7.89. The monoisotopic (exact) mass is 435 g/mol. The van der Waals surface area contributed by atoms with Crippen LogP contribution in [0.25, 0.3) is 10.6 Å². The second-order valence-corrected chi connectivity index (χ2v) is 9.62. The first-order valence-electron chi connectivity index (χ1n) is 8.51. The van der Waals surface area contributed by atoms with Crippen molar-refractivity contribution in [1.82, 2.24) is 9.29 Å². The van der Waals surface area contributed by atoms with Gasteiger partial charge < -0.3 is 10.1 Å². The molecule has 1 aromatic carbocycles. The number of morpholine rings is 1. The van der Waals surface area contributed by atoms with Gasteiger partial charge in [0.25, 0.3) is 5.91 Å². The molecule has 0 atom stereocenters. The van der Waals surface area contributed by atoms with E-state index < -0.39 is 10.0 Å². The summed E-state index contributed by atoms with van der Waals surface area (Å²) < 4.78 is 32.2. The molecule has 4 rings (SSSR count). The molecule has 146 valence electrons. The summed E-state index contributed by atoms with van der Waals surface area (Å²) in [6, 6.07) is 8.21. The lowest BCUT2D eigenvalue weighted by atomic mass is 10.3. The zero-order chi connectivity index (χ0) is 19.6. The summed E-state index contributed by atoms with van der Waals surface area (Å²) in [5.41, 5.74) is 1.68. The topological polar surface area (TPSA) is 88.6 Å². The Hall–Kier alpha value is -2.11. The van der Waals surface area contributed by atoms with Crippen LogP contribution < -0.4 is 5.32 Å². The van der Waals surface area contributed by atoms with Gasteiger partial charge >= 0.3 is 0 Å². The molecule has 10 heteroatoms. The molecular formula is C18H17N3O4S3. The second kappa shape index (κ2) is 8.10. The number of carbonyl (C=O) groups excluding carboxylic acids is 1. The molecule has 1 aliphatic heterocycles. The van der Waals surface area contributed by atoms with E-state index in [1.165, 1.54) is 27.8 Å². The van der Waals surface area contributed by atoms with Gasteiger partial charge in [0.1, 0.15) is 10.7 Å². The Morgan fingerprint density at radius 1 is 1.18 bits per heavy atom. The highest BCUT2D eigenvalue weighted by Crippen LogP contribution is 2.26. The summed E-state index contributed by atoms with van der Waals surface area (Å²) in [5.74, 6) is -0.376. The van der Waals surface area contributed by atoms with Crippen LogP contribution in [-0.2, 0) is 14.8 Å². The van der Waals surface area contributed by atoms with E-state index in [1.807, 2.05) is 16.8 Å². The third-order valence-corrected chi connectivity index (χ3v) is 7.67. The molecule has 28 heavy (non-hydrogen) atoms. The van der Waals surface area contributed by atoms with Crippen LogP contribution in [0.4, 0.5) is 5.69 Å². The zero-order valence-corrected chi connectivity index (χ0v) is 17.1. The summed E-state index contributed by atoms with van der Waals surface area (Å²) in [5, 5.41) is 9.12. The highest BCUT2D eigenvalue weighted by Gasteiger charge is 2.26. The van der Waals surface area contributed by atoms with Crippen LogP contribution in [0.15, 0.2) is 51.4 Å². The summed E-state index contributed by atoms with van der Waals surface area (Å²) in [7, 11) is -3.62. The van der Waals surface area contributed by atoms with Gasteiger partial charge in [0.2, 0.25) is 10.0 Å². The van der Waals surface area contributed by atoms with E-state index in [0.29, 0.717) is 37.7 Å². The average Bonchev–Trinajstić information content (AvgIpc) is 3.40. The first-order chi connectivity index (χ1) is 13.5. The smallest absolute Gasteiger partial charge is 0.275 e. The van der Waals surface area contributed by atoms with Crippen molar-refractivity contribution in [2.45, 2.75) is 4.90 Å². The maximum Gasteiger partial charge on any atom is 0.275 e. The van der Waals surface area contributed by atoms with Crippen LogP contribution >= 0.6 is 22.7 Å². The number of ether oxygens (including phenoxy) is 1. The van der Waals surface area contributed by atoms with Gasteiger partial charge in [-0.05, 0) is 29.6 Å². The Morgan fingerprint density at radius 3 is 2.75 bits per heavy atom. The number of nitrogens with zero attached hydrogens (tertiary/aromatic N) is 2. The third-order valence-electron chi connectivity index (χ3n) is 4.20. The zero-order valence-electron chi connectivity index (χ0n) is 14.7. The van der Waals surface area contributed by atoms with Crippen molar-refractivity contribution in [3.63, 3.8) is 0 Å². The Kier molecular flexibility index (Phi) is 5.56. The fourth-order valence-electron chi connectivity index (χ4n) is 2.76.